The van der Waals surface area contributed by atoms with Gasteiger partial charge < -0.3 is 15.0 Å². The van der Waals surface area contributed by atoms with E-state index in [1.54, 1.807) is 43.5 Å². The summed E-state index contributed by atoms with van der Waals surface area (Å²) in [7, 11) is 5.47. The van der Waals surface area contributed by atoms with Crippen LogP contribution in [0.5, 0.6) is 5.75 Å². The lowest BCUT2D eigenvalue weighted by molar-refractivity contribution is 0.102. The van der Waals surface area contributed by atoms with Crippen molar-refractivity contribution in [1.82, 2.24) is 10.2 Å². The molecule has 0 bridgehead atoms. The third-order valence-electron chi connectivity index (χ3n) is 5.05. The van der Waals surface area contributed by atoms with Gasteiger partial charge in [0.25, 0.3) is 11.8 Å². The second-order valence-corrected chi connectivity index (χ2v) is 8.51. The number of nitrogens with zero attached hydrogens (tertiary/aromatic N) is 3. The molecule has 0 aliphatic carbocycles. The Balaban J connectivity index is 1.47. The average Bonchev–Trinajstić information content (AvgIpc) is 3.32. The Kier molecular flexibility index (Phi) is 6.84. The number of methoxy groups -OCH3 is 1. The zero-order valence-electron chi connectivity index (χ0n) is 18.9. The van der Waals surface area contributed by atoms with Gasteiger partial charge in [-0.25, -0.2) is 0 Å². The fourth-order valence-electron chi connectivity index (χ4n) is 3.18. The monoisotopic (exact) mass is 473 g/mol. The summed E-state index contributed by atoms with van der Waals surface area (Å²) in [6, 6.07) is 21.5. The molecule has 3 aromatic carbocycles. The number of benzene rings is 3. The van der Waals surface area contributed by atoms with Crippen LogP contribution in [-0.2, 0) is 0 Å². The lowest BCUT2D eigenvalue weighted by atomic mass is 10.1. The van der Waals surface area contributed by atoms with Crippen LogP contribution in [0.1, 0.15) is 20.7 Å². The summed E-state index contributed by atoms with van der Waals surface area (Å²) in [5.74, 6) is 0.0497. The Labute approximate surface area is 201 Å². The molecule has 0 fully saturated rings. The SMILES string of the molecule is COc1ccc(-c2nnc(NC(=O)c3ccccc3NC(=O)c3ccc(N(C)C)cc3)s2)cc1. The summed E-state index contributed by atoms with van der Waals surface area (Å²) in [5, 5.41) is 14.9. The summed E-state index contributed by atoms with van der Waals surface area (Å²) < 4.78 is 5.17. The number of para-hydroxylation sites is 1. The molecular formula is C25H23N5O3S. The Morgan fingerprint density at radius 2 is 1.56 bits per heavy atom. The van der Waals surface area contributed by atoms with Crippen molar-refractivity contribution in [2.75, 3.05) is 36.7 Å². The highest BCUT2D eigenvalue weighted by atomic mass is 32.1. The minimum Gasteiger partial charge on any atom is -0.497 e. The summed E-state index contributed by atoms with van der Waals surface area (Å²) in [4.78, 5) is 27.7. The number of rotatable bonds is 7. The van der Waals surface area contributed by atoms with Crippen LogP contribution in [0.4, 0.5) is 16.5 Å². The molecular weight excluding hydrogens is 450 g/mol. The number of carbonyl (C=O) groups is 2. The van der Waals surface area contributed by atoms with Gasteiger partial charge in [0.2, 0.25) is 5.13 Å². The largest absolute Gasteiger partial charge is 0.497 e. The molecule has 4 aromatic rings. The van der Waals surface area contributed by atoms with Crippen molar-refractivity contribution in [2.24, 2.45) is 0 Å². The van der Waals surface area contributed by atoms with E-state index in [4.69, 9.17) is 4.74 Å². The number of carbonyl (C=O) groups excluding carboxylic acids is 2. The molecule has 0 saturated carbocycles. The molecule has 0 radical (unpaired) electrons. The van der Waals surface area contributed by atoms with E-state index in [1.165, 1.54) is 11.3 Å². The predicted molar refractivity (Wildman–Crippen MR) is 135 cm³/mol. The topological polar surface area (TPSA) is 96.5 Å². The van der Waals surface area contributed by atoms with Gasteiger partial charge in [0.1, 0.15) is 10.8 Å². The van der Waals surface area contributed by atoms with Gasteiger partial charge in [0.05, 0.1) is 18.4 Å². The van der Waals surface area contributed by atoms with E-state index in [9.17, 15) is 9.59 Å². The van der Waals surface area contributed by atoms with Gasteiger partial charge in [-0.15, -0.1) is 10.2 Å². The summed E-state index contributed by atoms with van der Waals surface area (Å²) in [6.45, 7) is 0. The molecule has 9 heteroatoms. The first-order chi connectivity index (χ1) is 16.4. The van der Waals surface area contributed by atoms with E-state index >= 15 is 0 Å². The Bertz CT molecular complexity index is 1300. The smallest absolute Gasteiger partial charge is 0.259 e. The molecule has 2 N–H and O–H groups in total. The molecule has 0 saturated heterocycles. The van der Waals surface area contributed by atoms with E-state index in [0.29, 0.717) is 27.0 Å². The molecule has 2 amide bonds. The zero-order chi connectivity index (χ0) is 24.1. The van der Waals surface area contributed by atoms with Gasteiger partial charge in [-0.1, -0.05) is 23.5 Å². The first-order valence-electron chi connectivity index (χ1n) is 10.4. The Hall–Kier alpha value is -4.24. The lowest BCUT2D eigenvalue weighted by Gasteiger charge is -2.13. The molecule has 172 valence electrons. The molecule has 0 aliphatic rings. The highest BCUT2D eigenvalue weighted by molar-refractivity contribution is 7.18. The third-order valence-corrected chi connectivity index (χ3v) is 5.94. The maximum atomic E-state index is 13.0. The number of amides is 2. The number of aromatic nitrogens is 2. The minimum absolute atomic E-state index is 0.303. The predicted octanol–water partition coefficient (Wildman–Crippen LogP) is 4.78. The fourth-order valence-corrected chi connectivity index (χ4v) is 3.93. The van der Waals surface area contributed by atoms with E-state index < -0.39 is 5.91 Å². The Morgan fingerprint density at radius 1 is 0.853 bits per heavy atom. The summed E-state index contributed by atoms with van der Waals surface area (Å²) in [6.07, 6.45) is 0. The first-order valence-corrected chi connectivity index (χ1v) is 11.2. The standard InChI is InChI=1S/C25H23N5O3S/c1-30(2)18-12-8-16(9-13-18)22(31)26-21-7-5-4-6-20(21)23(32)27-25-29-28-24(34-25)17-10-14-19(33-3)15-11-17/h4-15H,1-3H3,(H,26,31)(H,27,29,32). The van der Waals surface area contributed by atoms with Crippen molar-refractivity contribution in [3.05, 3.63) is 83.9 Å². The maximum absolute atomic E-state index is 13.0. The molecule has 8 nitrogen and oxygen atoms in total. The number of ether oxygens (including phenoxy) is 1. The van der Waals surface area contributed by atoms with Crippen LogP contribution in [0.3, 0.4) is 0 Å². The molecule has 1 aromatic heterocycles. The number of nitrogens with one attached hydrogen (secondary N) is 2. The quantitative estimate of drug-likeness (QED) is 0.401. The average molecular weight is 474 g/mol. The Morgan fingerprint density at radius 3 is 2.24 bits per heavy atom. The number of hydrogen-bond acceptors (Lipinski definition) is 7. The van der Waals surface area contributed by atoms with Crippen LogP contribution < -0.4 is 20.3 Å². The van der Waals surface area contributed by atoms with E-state index in [1.807, 2.05) is 55.4 Å². The maximum Gasteiger partial charge on any atom is 0.259 e. The van der Waals surface area contributed by atoms with Gasteiger partial charge in [-0.3, -0.25) is 14.9 Å². The van der Waals surface area contributed by atoms with Crippen LogP contribution >= 0.6 is 11.3 Å². The van der Waals surface area contributed by atoms with Crippen molar-refractivity contribution >= 4 is 39.7 Å². The first kappa shape index (κ1) is 22.9. The van der Waals surface area contributed by atoms with E-state index in [-0.39, 0.29) is 5.91 Å². The van der Waals surface area contributed by atoms with E-state index in [0.717, 1.165) is 17.0 Å². The fraction of sp³-hybridized carbons (Fsp3) is 0.120. The second-order valence-electron chi connectivity index (χ2n) is 7.54. The molecule has 0 spiro atoms. The van der Waals surface area contributed by atoms with Crippen LogP contribution in [0.25, 0.3) is 10.6 Å². The molecule has 1 heterocycles. The van der Waals surface area contributed by atoms with Crippen LogP contribution in [0, 0.1) is 0 Å². The normalized spacial score (nSPS) is 10.4. The van der Waals surface area contributed by atoms with Crippen molar-refractivity contribution in [3.8, 4) is 16.3 Å². The molecule has 34 heavy (non-hydrogen) atoms. The highest BCUT2D eigenvalue weighted by Gasteiger charge is 2.16. The third kappa shape index (κ3) is 5.21. The summed E-state index contributed by atoms with van der Waals surface area (Å²) >= 11 is 1.26. The van der Waals surface area contributed by atoms with Gasteiger partial charge >= 0.3 is 0 Å². The van der Waals surface area contributed by atoms with Crippen molar-refractivity contribution in [1.29, 1.82) is 0 Å². The zero-order valence-corrected chi connectivity index (χ0v) is 19.7. The van der Waals surface area contributed by atoms with Crippen LogP contribution in [0.15, 0.2) is 72.8 Å². The van der Waals surface area contributed by atoms with Gasteiger partial charge in [-0.05, 0) is 60.7 Å². The summed E-state index contributed by atoms with van der Waals surface area (Å²) in [5.41, 5.74) is 3.08. The van der Waals surface area contributed by atoms with Gasteiger partial charge in [-0.2, -0.15) is 0 Å². The number of anilines is 3. The minimum atomic E-state index is -0.392. The van der Waals surface area contributed by atoms with Crippen molar-refractivity contribution in [3.63, 3.8) is 0 Å². The molecule has 0 unspecified atom stereocenters. The van der Waals surface area contributed by atoms with Crippen LogP contribution in [-0.4, -0.2) is 43.2 Å². The van der Waals surface area contributed by atoms with Gasteiger partial charge in [0.15, 0.2) is 0 Å². The van der Waals surface area contributed by atoms with Gasteiger partial charge in [0, 0.05) is 30.9 Å². The van der Waals surface area contributed by atoms with Crippen molar-refractivity contribution < 1.29 is 14.3 Å². The molecule has 0 aliphatic heterocycles. The van der Waals surface area contributed by atoms with Crippen LogP contribution in [0.2, 0.25) is 0 Å². The second kappa shape index (κ2) is 10.1. The molecule has 0 atom stereocenters. The highest BCUT2D eigenvalue weighted by Crippen LogP contribution is 2.28. The number of hydrogen-bond donors (Lipinski definition) is 2. The molecule has 4 rings (SSSR count). The lowest BCUT2D eigenvalue weighted by Crippen LogP contribution is -2.18. The van der Waals surface area contributed by atoms with Crippen molar-refractivity contribution in [2.45, 2.75) is 0 Å². The van der Waals surface area contributed by atoms with E-state index in [2.05, 4.69) is 20.8 Å².